The van der Waals surface area contributed by atoms with Crippen LogP contribution in [-0.2, 0) is 12.5 Å². The fraction of sp³-hybridized carbons (Fsp3) is 0.318. The molecule has 0 atom stereocenters. The van der Waals surface area contributed by atoms with Crippen LogP contribution in [0.5, 0.6) is 0 Å². The first-order chi connectivity index (χ1) is 13.8. The van der Waals surface area contributed by atoms with Gasteiger partial charge < -0.3 is 9.88 Å². The maximum absolute atomic E-state index is 13.3. The molecule has 0 spiro atoms. The van der Waals surface area contributed by atoms with Crippen LogP contribution in [0.2, 0.25) is 5.02 Å². The molecule has 0 unspecified atom stereocenters. The molecule has 4 rings (SSSR count). The summed E-state index contributed by atoms with van der Waals surface area (Å²) in [6.45, 7) is 4.32. The topological polar surface area (TPSA) is 39.3 Å². The van der Waals surface area contributed by atoms with Gasteiger partial charge in [0.2, 0.25) is 0 Å². The maximum atomic E-state index is 13.3. The van der Waals surface area contributed by atoms with Gasteiger partial charge in [-0.25, -0.2) is 8.78 Å². The molecular formula is C22H22ClF2N3O. The zero-order valence-electron chi connectivity index (χ0n) is 16.1. The second kappa shape index (κ2) is 7.76. The van der Waals surface area contributed by atoms with E-state index in [1.807, 2.05) is 23.1 Å². The van der Waals surface area contributed by atoms with E-state index >= 15 is 0 Å². The zero-order chi connectivity index (χ0) is 20.6. The number of H-pyrrole nitrogens is 1. The minimum atomic E-state index is -2.82. The lowest BCUT2D eigenvalue weighted by Crippen LogP contribution is -2.48. The third kappa shape index (κ3) is 4.43. The predicted octanol–water partition coefficient (Wildman–Crippen LogP) is 4.89. The van der Waals surface area contributed by atoms with E-state index in [9.17, 15) is 13.6 Å². The number of hydrogen-bond donors (Lipinski definition) is 1. The molecule has 1 amide bonds. The van der Waals surface area contributed by atoms with Crippen LogP contribution in [0.3, 0.4) is 0 Å². The summed E-state index contributed by atoms with van der Waals surface area (Å²) < 4.78 is 26.7. The van der Waals surface area contributed by atoms with Crippen molar-refractivity contribution in [3.8, 4) is 0 Å². The summed E-state index contributed by atoms with van der Waals surface area (Å²) in [5.41, 5.74) is 2.46. The third-order valence-corrected chi connectivity index (χ3v) is 5.57. The number of amides is 1. The summed E-state index contributed by atoms with van der Waals surface area (Å²) in [5, 5.41) is 1.56. The lowest BCUT2D eigenvalue weighted by molar-refractivity contribution is 0.0174. The average molecular weight is 418 g/mol. The first kappa shape index (κ1) is 19.9. The Hall–Kier alpha value is -2.44. The van der Waals surface area contributed by atoms with Gasteiger partial charge in [-0.2, -0.15) is 0 Å². The lowest BCUT2D eigenvalue weighted by Gasteiger charge is -2.34. The van der Waals surface area contributed by atoms with Crippen molar-refractivity contribution in [1.29, 1.82) is 0 Å². The van der Waals surface area contributed by atoms with Crippen LogP contribution in [0.1, 0.15) is 28.5 Å². The van der Waals surface area contributed by atoms with Gasteiger partial charge in [-0.05, 0) is 29.8 Å². The Balaban J connectivity index is 1.35. The van der Waals surface area contributed by atoms with Crippen LogP contribution in [-0.4, -0.2) is 46.9 Å². The number of hydrogen-bond acceptors (Lipinski definition) is 2. The van der Waals surface area contributed by atoms with Crippen molar-refractivity contribution in [2.24, 2.45) is 0 Å². The Morgan fingerprint density at radius 3 is 2.41 bits per heavy atom. The molecule has 2 aromatic carbocycles. The van der Waals surface area contributed by atoms with Gasteiger partial charge >= 0.3 is 0 Å². The first-order valence-corrected chi connectivity index (χ1v) is 9.94. The Kier molecular flexibility index (Phi) is 5.32. The zero-order valence-corrected chi connectivity index (χ0v) is 16.8. The number of aromatic amines is 1. The van der Waals surface area contributed by atoms with Crippen LogP contribution >= 0.6 is 11.6 Å². The largest absolute Gasteiger partial charge is 0.351 e. The molecule has 3 aromatic rings. The second-order valence-corrected chi connectivity index (χ2v) is 8.00. The summed E-state index contributed by atoms with van der Waals surface area (Å²) in [7, 11) is 0. The number of halogens is 3. The minimum Gasteiger partial charge on any atom is -0.351 e. The Morgan fingerprint density at radius 2 is 1.76 bits per heavy atom. The van der Waals surface area contributed by atoms with Crippen LogP contribution in [0, 0.1) is 0 Å². The first-order valence-electron chi connectivity index (χ1n) is 9.57. The number of nitrogens with one attached hydrogen (secondary N) is 1. The number of carbonyl (C=O) groups excluding carboxylic acids is 1. The molecule has 1 aliphatic rings. The van der Waals surface area contributed by atoms with E-state index in [1.165, 1.54) is 12.1 Å². The molecule has 2 heterocycles. The number of nitrogens with zero attached hydrogens (tertiary/aromatic N) is 2. The minimum absolute atomic E-state index is 0.0218. The number of piperazine rings is 1. The molecular weight excluding hydrogens is 396 g/mol. The molecule has 0 radical (unpaired) electrons. The molecule has 0 saturated carbocycles. The molecule has 7 heteroatoms. The molecule has 1 N–H and O–H groups in total. The highest BCUT2D eigenvalue weighted by molar-refractivity contribution is 6.31. The van der Waals surface area contributed by atoms with E-state index < -0.39 is 5.92 Å². The third-order valence-electron chi connectivity index (χ3n) is 5.34. The lowest BCUT2D eigenvalue weighted by atomic mass is 10.1. The Morgan fingerprint density at radius 1 is 1.07 bits per heavy atom. The molecule has 1 aliphatic heterocycles. The number of aromatic nitrogens is 1. The Bertz CT molecular complexity index is 1020. The van der Waals surface area contributed by atoms with E-state index in [2.05, 4.69) is 9.88 Å². The maximum Gasteiger partial charge on any atom is 0.270 e. The highest BCUT2D eigenvalue weighted by Gasteiger charge is 2.25. The van der Waals surface area contributed by atoms with Crippen LogP contribution in [0.15, 0.2) is 48.5 Å². The van der Waals surface area contributed by atoms with Crippen molar-refractivity contribution in [2.75, 3.05) is 26.2 Å². The van der Waals surface area contributed by atoms with Crippen molar-refractivity contribution in [2.45, 2.75) is 19.4 Å². The van der Waals surface area contributed by atoms with Gasteiger partial charge in [0.25, 0.3) is 11.8 Å². The predicted molar refractivity (Wildman–Crippen MR) is 110 cm³/mol. The van der Waals surface area contributed by atoms with Gasteiger partial charge in [0, 0.05) is 61.1 Å². The molecule has 0 bridgehead atoms. The van der Waals surface area contributed by atoms with Gasteiger partial charge in [0.15, 0.2) is 0 Å². The van der Waals surface area contributed by atoms with Crippen LogP contribution < -0.4 is 0 Å². The summed E-state index contributed by atoms with van der Waals surface area (Å²) in [6, 6.07) is 13.8. The Labute approximate surface area is 173 Å². The highest BCUT2D eigenvalue weighted by atomic mass is 35.5. The van der Waals surface area contributed by atoms with Gasteiger partial charge in [0.1, 0.15) is 5.69 Å². The van der Waals surface area contributed by atoms with Crippen LogP contribution in [0.25, 0.3) is 10.9 Å². The summed E-state index contributed by atoms with van der Waals surface area (Å²) >= 11 is 6.02. The average Bonchev–Trinajstić information content (AvgIpc) is 3.11. The fourth-order valence-corrected chi connectivity index (χ4v) is 3.84. The monoisotopic (exact) mass is 417 g/mol. The van der Waals surface area contributed by atoms with Crippen molar-refractivity contribution in [3.63, 3.8) is 0 Å². The number of carbonyl (C=O) groups is 1. The summed E-state index contributed by atoms with van der Waals surface area (Å²) in [6.07, 6.45) is 0. The molecule has 152 valence electrons. The highest BCUT2D eigenvalue weighted by Crippen LogP contribution is 2.27. The summed E-state index contributed by atoms with van der Waals surface area (Å²) in [5.74, 6) is -2.84. The van der Waals surface area contributed by atoms with Crippen LogP contribution in [0.4, 0.5) is 8.78 Å². The molecule has 0 aliphatic carbocycles. The van der Waals surface area contributed by atoms with E-state index in [4.69, 9.17) is 11.6 Å². The number of fused-ring (bicyclic) bond motifs is 1. The quantitative estimate of drug-likeness (QED) is 0.656. The summed E-state index contributed by atoms with van der Waals surface area (Å²) in [4.78, 5) is 20.1. The van der Waals surface area contributed by atoms with Crippen molar-refractivity contribution in [1.82, 2.24) is 14.8 Å². The number of rotatable bonds is 4. The standard InChI is InChI=1S/C22H22ClF2N3O/c1-22(24,25)17-4-2-15(3-5-17)14-27-8-10-28(11-9-27)21(29)20-13-16-12-18(23)6-7-19(16)26-20/h2-7,12-13,26H,8-11,14H2,1H3. The van der Waals surface area contributed by atoms with E-state index in [-0.39, 0.29) is 11.5 Å². The van der Waals surface area contributed by atoms with Gasteiger partial charge in [-0.1, -0.05) is 35.9 Å². The molecule has 1 aromatic heterocycles. The van der Waals surface area contributed by atoms with E-state index in [1.54, 1.807) is 18.2 Å². The number of alkyl halides is 2. The van der Waals surface area contributed by atoms with E-state index in [0.717, 1.165) is 36.5 Å². The fourth-order valence-electron chi connectivity index (χ4n) is 3.66. The van der Waals surface area contributed by atoms with Crippen molar-refractivity contribution in [3.05, 3.63) is 70.4 Å². The van der Waals surface area contributed by atoms with Crippen molar-refractivity contribution >= 4 is 28.4 Å². The SMILES string of the molecule is CC(F)(F)c1ccc(CN2CCN(C(=O)c3cc4cc(Cl)ccc4[nH]3)CC2)cc1. The molecule has 1 fully saturated rings. The van der Waals surface area contributed by atoms with Gasteiger partial charge in [-0.3, -0.25) is 9.69 Å². The van der Waals surface area contributed by atoms with E-state index in [0.29, 0.717) is 30.4 Å². The second-order valence-electron chi connectivity index (χ2n) is 7.57. The molecule has 1 saturated heterocycles. The van der Waals surface area contributed by atoms with Crippen molar-refractivity contribution < 1.29 is 13.6 Å². The molecule has 29 heavy (non-hydrogen) atoms. The molecule has 4 nitrogen and oxygen atoms in total. The van der Waals surface area contributed by atoms with Gasteiger partial charge in [0.05, 0.1) is 0 Å². The smallest absolute Gasteiger partial charge is 0.270 e. The number of benzene rings is 2. The van der Waals surface area contributed by atoms with Gasteiger partial charge in [-0.15, -0.1) is 0 Å². The normalized spacial score (nSPS) is 15.8.